The number of H-pyrrole nitrogens is 1. The second-order valence-electron chi connectivity index (χ2n) is 7.36. The van der Waals surface area contributed by atoms with Gasteiger partial charge in [-0.1, -0.05) is 43.7 Å². The normalized spacial score (nSPS) is 20.7. The van der Waals surface area contributed by atoms with Crippen molar-refractivity contribution in [2.75, 3.05) is 13.1 Å². The molecule has 1 saturated heterocycles. The molecule has 1 aliphatic rings. The number of likely N-dealkylation sites (tertiary alicyclic amines) is 1. The predicted octanol–water partition coefficient (Wildman–Crippen LogP) is 3.81. The average molecular weight is 359 g/mol. The molecule has 2 unspecified atom stereocenters. The Bertz CT molecular complexity index is 783. The molecule has 1 amide bonds. The van der Waals surface area contributed by atoms with Crippen LogP contribution in [0.3, 0.4) is 0 Å². The molecule has 0 saturated carbocycles. The van der Waals surface area contributed by atoms with E-state index in [1.54, 1.807) is 0 Å². The van der Waals surface area contributed by atoms with Gasteiger partial charge in [-0.05, 0) is 37.4 Å². The molecule has 0 spiro atoms. The third-order valence-electron chi connectivity index (χ3n) is 4.84. The molecule has 0 radical (unpaired) electrons. The lowest BCUT2D eigenvalue weighted by molar-refractivity contribution is -0.134. The Hall–Kier alpha value is -1.95. The molecule has 0 aliphatic carbocycles. The highest BCUT2D eigenvalue weighted by molar-refractivity contribution is 7.71. The summed E-state index contributed by atoms with van der Waals surface area (Å²) in [4.78, 5) is 14.6. The number of rotatable bonds is 4. The summed E-state index contributed by atoms with van der Waals surface area (Å²) in [6.07, 6.45) is 1.65. The minimum absolute atomic E-state index is 0.205. The van der Waals surface area contributed by atoms with Crippen molar-refractivity contribution < 1.29 is 4.79 Å². The number of aryl methyl sites for hydroxylation is 1. The Labute approximate surface area is 154 Å². The van der Waals surface area contributed by atoms with Crippen LogP contribution in [-0.4, -0.2) is 38.7 Å². The number of piperidine rings is 1. The molecular formula is C19H26N4OS. The van der Waals surface area contributed by atoms with E-state index >= 15 is 0 Å². The van der Waals surface area contributed by atoms with Gasteiger partial charge in [0.25, 0.3) is 0 Å². The summed E-state index contributed by atoms with van der Waals surface area (Å²) < 4.78 is 2.48. The van der Waals surface area contributed by atoms with Gasteiger partial charge < -0.3 is 4.90 Å². The molecule has 1 fully saturated rings. The number of hydrogen-bond donors (Lipinski definition) is 1. The Kier molecular flexibility index (Phi) is 5.37. The molecule has 1 aromatic carbocycles. The second kappa shape index (κ2) is 7.52. The number of hydrogen-bond acceptors (Lipinski definition) is 3. The van der Waals surface area contributed by atoms with E-state index in [1.165, 1.54) is 12.0 Å². The van der Waals surface area contributed by atoms with Gasteiger partial charge in [0.15, 0.2) is 10.6 Å². The van der Waals surface area contributed by atoms with Crippen LogP contribution in [0.2, 0.25) is 0 Å². The first kappa shape index (κ1) is 17.9. The van der Waals surface area contributed by atoms with Gasteiger partial charge in [0.2, 0.25) is 5.91 Å². The summed E-state index contributed by atoms with van der Waals surface area (Å²) in [5, 5.41) is 7.21. The van der Waals surface area contributed by atoms with Crippen LogP contribution >= 0.6 is 12.2 Å². The van der Waals surface area contributed by atoms with Crippen molar-refractivity contribution in [3.63, 3.8) is 0 Å². The van der Waals surface area contributed by atoms with Crippen molar-refractivity contribution in [2.24, 2.45) is 11.8 Å². The predicted molar refractivity (Wildman–Crippen MR) is 102 cm³/mol. The molecule has 2 heterocycles. The Morgan fingerprint density at radius 3 is 2.52 bits per heavy atom. The lowest BCUT2D eigenvalue weighted by atomic mass is 9.92. The van der Waals surface area contributed by atoms with Crippen molar-refractivity contribution in [1.29, 1.82) is 0 Å². The third kappa shape index (κ3) is 4.18. The zero-order chi connectivity index (χ0) is 18.0. The summed E-state index contributed by atoms with van der Waals surface area (Å²) in [6, 6.07) is 8.18. The Morgan fingerprint density at radius 2 is 1.88 bits per heavy atom. The topological polar surface area (TPSA) is 53.9 Å². The number of amides is 1. The van der Waals surface area contributed by atoms with Crippen LogP contribution in [-0.2, 0) is 11.3 Å². The number of carbonyl (C=O) groups excluding carboxylic acids is 1. The van der Waals surface area contributed by atoms with Gasteiger partial charge in [-0.15, -0.1) is 0 Å². The number of nitrogens with one attached hydrogen (secondary N) is 1. The van der Waals surface area contributed by atoms with Gasteiger partial charge in [-0.25, -0.2) is 0 Å². The van der Waals surface area contributed by atoms with Crippen molar-refractivity contribution in [1.82, 2.24) is 19.7 Å². The second-order valence-corrected chi connectivity index (χ2v) is 7.75. The van der Waals surface area contributed by atoms with Crippen molar-refractivity contribution in [2.45, 2.75) is 40.2 Å². The van der Waals surface area contributed by atoms with Gasteiger partial charge in [-0.2, -0.15) is 5.10 Å². The average Bonchev–Trinajstić information content (AvgIpc) is 2.93. The molecule has 3 rings (SSSR count). The lowest BCUT2D eigenvalue weighted by Gasteiger charge is -2.35. The maximum Gasteiger partial charge on any atom is 0.224 e. The molecule has 5 nitrogen and oxygen atoms in total. The van der Waals surface area contributed by atoms with Crippen LogP contribution < -0.4 is 0 Å². The van der Waals surface area contributed by atoms with E-state index in [4.69, 9.17) is 12.2 Å². The van der Waals surface area contributed by atoms with Crippen LogP contribution in [0.15, 0.2) is 24.3 Å². The molecule has 134 valence electrons. The number of aromatic nitrogens is 3. The van der Waals surface area contributed by atoms with E-state index in [2.05, 4.69) is 43.1 Å². The number of nitrogens with zero attached hydrogens (tertiary/aromatic N) is 3. The SMILES string of the molecule is Cc1ccc(-c2n[nH]c(=S)n2CCC(=O)N2CC(C)CC(C)C2)cc1. The van der Waals surface area contributed by atoms with E-state index < -0.39 is 0 Å². The van der Waals surface area contributed by atoms with Crippen molar-refractivity contribution in [3.8, 4) is 11.4 Å². The summed E-state index contributed by atoms with van der Waals surface area (Å²) in [6.45, 7) is 8.78. The van der Waals surface area contributed by atoms with Crippen molar-refractivity contribution in [3.05, 3.63) is 34.6 Å². The summed E-state index contributed by atoms with van der Waals surface area (Å²) in [5.41, 5.74) is 2.21. The van der Waals surface area contributed by atoms with E-state index in [0.717, 1.165) is 24.5 Å². The molecule has 2 atom stereocenters. The number of aromatic amines is 1. The fourth-order valence-corrected chi connectivity index (χ4v) is 3.90. The quantitative estimate of drug-likeness (QED) is 0.846. The highest BCUT2D eigenvalue weighted by Crippen LogP contribution is 2.22. The van der Waals surface area contributed by atoms with Crippen LogP contribution in [0.4, 0.5) is 0 Å². The lowest BCUT2D eigenvalue weighted by Crippen LogP contribution is -2.42. The number of carbonyl (C=O) groups is 1. The van der Waals surface area contributed by atoms with Crippen molar-refractivity contribution >= 4 is 18.1 Å². The summed E-state index contributed by atoms with van der Waals surface area (Å²) >= 11 is 5.36. The maximum absolute atomic E-state index is 12.6. The fourth-order valence-electron chi connectivity index (χ4n) is 3.68. The smallest absolute Gasteiger partial charge is 0.224 e. The van der Waals surface area contributed by atoms with Crippen LogP contribution in [0.25, 0.3) is 11.4 Å². The van der Waals surface area contributed by atoms with Gasteiger partial charge in [0.05, 0.1) is 0 Å². The van der Waals surface area contributed by atoms with E-state index in [9.17, 15) is 4.79 Å². The minimum atomic E-state index is 0.205. The Balaban J connectivity index is 1.71. The fraction of sp³-hybridized carbons (Fsp3) is 0.526. The highest BCUT2D eigenvalue weighted by atomic mass is 32.1. The summed E-state index contributed by atoms with van der Waals surface area (Å²) in [5.74, 6) is 2.15. The van der Waals surface area contributed by atoms with E-state index in [-0.39, 0.29) is 5.91 Å². The molecule has 1 aromatic heterocycles. The van der Waals surface area contributed by atoms with Gasteiger partial charge >= 0.3 is 0 Å². The first-order valence-corrected chi connectivity index (χ1v) is 9.35. The monoisotopic (exact) mass is 358 g/mol. The molecule has 0 bridgehead atoms. The van der Waals surface area contributed by atoms with Gasteiger partial charge in [0, 0.05) is 31.6 Å². The van der Waals surface area contributed by atoms with Gasteiger partial charge in [-0.3, -0.25) is 14.5 Å². The Morgan fingerprint density at radius 1 is 1.24 bits per heavy atom. The zero-order valence-corrected chi connectivity index (χ0v) is 16.0. The van der Waals surface area contributed by atoms with E-state index in [1.807, 2.05) is 21.6 Å². The van der Waals surface area contributed by atoms with Crippen LogP contribution in [0.5, 0.6) is 0 Å². The molecule has 1 aliphatic heterocycles. The minimum Gasteiger partial charge on any atom is -0.342 e. The molecule has 2 aromatic rings. The first-order chi connectivity index (χ1) is 11.9. The standard InChI is InChI=1S/C19H26N4OS/c1-13-4-6-16(7-5-13)18-20-21-19(25)23(18)9-8-17(24)22-11-14(2)10-15(3)12-22/h4-7,14-15H,8-12H2,1-3H3,(H,21,25). The first-order valence-electron chi connectivity index (χ1n) is 8.94. The van der Waals surface area contributed by atoms with Gasteiger partial charge in [0.1, 0.15) is 0 Å². The zero-order valence-electron chi connectivity index (χ0n) is 15.2. The van der Waals surface area contributed by atoms with Crippen LogP contribution in [0.1, 0.15) is 32.3 Å². The van der Waals surface area contributed by atoms with E-state index in [0.29, 0.717) is 29.6 Å². The third-order valence-corrected chi connectivity index (χ3v) is 5.15. The molecule has 25 heavy (non-hydrogen) atoms. The summed E-state index contributed by atoms with van der Waals surface area (Å²) in [7, 11) is 0. The van der Waals surface area contributed by atoms with Crippen LogP contribution in [0, 0.1) is 23.5 Å². The highest BCUT2D eigenvalue weighted by Gasteiger charge is 2.25. The molecular weight excluding hydrogens is 332 g/mol. The largest absolute Gasteiger partial charge is 0.342 e. The maximum atomic E-state index is 12.6. The number of benzene rings is 1. The molecule has 1 N–H and O–H groups in total. The molecule has 6 heteroatoms.